The van der Waals surface area contributed by atoms with Crippen molar-refractivity contribution in [3.8, 4) is 11.5 Å². The van der Waals surface area contributed by atoms with E-state index in [9.17, 15) is 9.59 Å². The molecule has 0 aliphatic carbocycles. The third-order valence-electron chi connectivity index (χ3n) is 2.67. The van der Waals surface area contributed by atoms with E-state index in [0.29, 0.717) is 30.3 Å². The van der Waals surface area contributed by atoms with Gasteiger partial charge in [0.15, 0.2) is 17.4 Å². The summed E-state index contributed by atoms with van der Waals surface area (Å²) in [6.07, 6.45) is -0.128. The van der Waals surface area contributed by atoms with E-state index >= 15 is 0 Å². The fourth-order valence-electron chi connectivity index (χ4n) is 1.80. The van der Waals surface area contributed by atoms with Crippen molar-refractivity contribution in [1.29, 1.82) is 0 Å². The number of para-hydroxylation sites is 1. The minimum atomic E-state index is -1.48. The summed E-state index contributed by atoms with van der Waals surface area (Å²) in [4.78, 5) is 21.7. The molecule has 1 heterocycles. The van der Waals surface area contributed by atoms with E-state index in [2.05, 4.69) is 0 Å². The van der Waals surface area contributed by atoms with Crippen molar-refractivity contribution in [3.63, 3.8) is 0 Å². The second-order valence-corrected chi connectivity index (χ2v) is 3.87. The van der Waals surface area contributed by atoms with Crippen LogP contribution in [-0.4, -0.2) is 35.4 Å². The van der Waals surface area contributed by atoms with E-state index in [1.165, 1.54) is 0 Å². The molecule has 2 N–H and O–H groups in total. The first-order valence-electron chi connectivity index (χ1n) is 5.42. The number of fused-ring (bicyclic) bond motifs is 1. The fourth-order valence-corrected chi connectivity index (χ4v) is 1.80. The van der Waals surface area contributed by atoms with Crippen molar-refractivity contribution < 1.29 is 29.3 Å². The molecule has 6 nitrogen and oxygen atoms in total. The van der Waals surface area contributed by atoms with E-state index in [4.69, 9.17) is 19.7 Å². The third-order valence-corrected chi connectivity index (χ3v) is 2.67. The quantitative estimate of drug-likeness (QED) is 0.769. The van der Waals surface area contributed by atoms with Crippen molar-refractivity contribution in [2.75, 3.05) is 13.2 Å². The summed E-state index contributed by atoms with van der Waals surface area (Å²) in [6, 6.07) is 5.03. The molecule has 0 radical (unpaired) electrons. The molecule has 6 heteroatoms. The molecule has 2 rings (SSSR count). The highest BCUT2D eigenvalue weighted by molar-refractivity contribution is 5.93. The van der Waals surface area contributed by atoms with Gasteiger partial charge in [-0.25, -0.2) is 0 Å². The number of hydrogen-bond donors (Lipinski definition) is 2. The van der Waals surface area contributed by atoms with Gasteiger partial charge in [-0.15, -0.1) is 0 Å². The van der Waals surface area contributed by atoms with E-state index < -0.39 is 17.9 Å². The summed E-state index contributed by atoms with van der Waals surface area (Å²) in [6.45, 7) is 0.798. The Hall–Kier alpha value is -2.24. The Kier molecular flexibility index (Phi) is 3.36. The molecule has 0 aromatic heterocycles. The maximum absolute atomic E-state index is 10.9. The fraction of sp³-hybridized carbons (Fsp3) is 0.333. The molecule has 1 aliphatic rings. The Morgan fingerprint density at radius 1 is 1.17 bits per heavy atom. The average molecular weight is 252 g/mol. The number of rotatable bonds is 4. The summed E-state index contributed by atoms with van der Waals surface area (Å²) >= 11 is 0. The molecule has 1 aliphatic heterocycles. The zero-order valence-electron chi connectivity index (χ0n) is 9.46. The molecule has 0 saturated carbocycles. The van der Waals surface area contributed by atoms with Crippen molar-refractivity contribution in [2.24, 2.45) is 5.92 Å². The Bertz CT molecular complexity index is 467. The topological polar surface area (TPSA) is 93.1 Å². The predicted octanol–water partition coefficient (Wildman–Crippen LogP) is 0.786. The van der Waals surface area contributed by atoms with Gasteiger partial charge in [-0.1, -0.05) is 12.1 Å². The van der Waals surface area contributed by atoms with Crippen LogP contribution >= 0.6 is 0 Å². The van der Waals surface area contributed by atoms with Gasteiger partial charge in [0.05, 0.1) is 0 Å². The second kappa shape index (κ2) is 4.95. The lowest BCUT2D eigenvalue weighted by Gasteiger charge is -2.21. The van der Waals surface area contributed by atoms with Gasteiger partial charge in [-0.2, -0.15) is 0 Å². The van der Waals surface area contributed by atoms with Gasteiger partial charge >= 0.3 is 11.9 Å². The van der Waals surface area contributed by atoms with Gasteiger partial charge in [-0.05, 0) is 11.6 Å². The Balaban J connectivity index is 2.28. The molecule has 96 valence electrons. The van der Waals surface area contributed by atoms with Crippen LogP contribution in [0.15, 0.2) is 18.2 Å². The minimum absolute atomic E-state index is 0.128. The molecule has 0 unspecified atom stereocenters. The Morgan fingerprint density at radius 2 is 1.83 bits per heavy atom. The summed E-state index contributed by atoms with van der Waals surface area (Å²) in [5.74, 6) is -3.25. The first kappa shape index (κ1) is 12.2. The smallest absolute Gasteiger partial charge is 0.318 e. The minimum Gasteiger partial charge on any atom is -0.486 e. The van der Waals surface area contributed by atoms with Crippen LogP contribution in [0.1, 0.15) is 5.56 Å². The zero-order valence-corrected chi connectivity index (χ0v) is 9.46. The monoisotopic (exact) mass is 252 g/mol. The maximum Gasteiger partial charge on any atom is 0.318 e. The third kappa shape index (κ3) is 2.37. The van der Waals surface area contributed by atoms with Crippen molar-refractivity contribution in [3.05, 3.63) is 23.8 Å². The zero-order chi connectivity index (χ0) is 13.1. The van der Waals surface area contributed by atoms with Crippen LogP contribution in [0.5, 0.6) is 11.5 Å². The molecular formula is C12H12O6. The lowest BCUT2D eigenvalue weighted by Crippen LogP contribution is -2.26. The lowest BCUT2D eigenvalue weighted by atomic mass is 9.98. The normalized spacial score (nSPS) is 13.4. The highest BCUT2D eigenvalue weighted by Gasteiger charge is 2.28. The largest absolute Gasteiger partial charge is 0.486 e. The van der Waals surface area contributed by atoms with Gasteiger partial charge in [0.25, 0.3) is 0 Å². The van der Waals surface area contributed by atoms with Crippen LogP contribution in [0.25, 0.3) is 0 Å². The van der Waals surface area contributed by atoms with E-state index in [1.54, 1.807) is 18.2 Å². The van der Waals surface area contributed by atoms with Gasteiger partial charge in [0.1, 0.15) is 13.2 Å². The SMILES string of the molecule is O=C(O)C(Cc1cccc2c1OCCO2)C(=O)O. The summed E-state index contributed by atoms with van der Waals surface area (Å²) in [7, 11) is 0. The van der Waals surface area contributed by atoms with Crippen LogP contribution in [0.4, 0.5) is 0 Å². The molecule has 1 aromatic carbocycles. The molecule has 0 bridgehead atoms. The highest BCUT2D eigenvalue weighted by atomic mass is 16.6. The first-order chi connectivity index (χ1) is 8.59. The molecule has 0 atom stereocenters. The number of carbonyl (C=O) groups is 2. The molecule has 0 amide bonds. The molecule has 0 spiro atoms. The van der Waals surface area contributed by atoms with Crippen molar-refractivity contribution in [2.45, 2.75) is 6.42 Å². The van der Waals surface area contributed by atoms with Crippen molar-refractivity contribution in [1.82, 2.24) is 0 Å². The van der Waals surface area contributed by atoms with Gasteiger partial charge < -0.3 is 19.7 Å². The van der Waals surface area contributed by atoms with E-state index in [1.807, 2.05) is 0 Å². The number of hydrogen-bond acceptors (Lipinski definition) is 4. The standard InChI is InChI=1S/C12H12O6/c13-11(14)8(12(15)16)6-7-2-1-3-9-10(7)18-5-4-17-9/h1-3,8H,4-6H2,(H,13,14)(H,15,16). The Labute approximate surface area is 103 Å². The highest BCUT2D eigenvalue weighted by Crippen LogP contribution is 2.34. The number of ether oxygens (including phenoxy) is 2. The number of benzene rings is 1. The van der Waals surface area contributed by atoms with Crippen LogP contribution < -0.4 is 9.47 Å². The summed E-state index contributed by atoms with van der Waals surface area (Å²) < 4.78 is 10.8. The molecule has 0 fully saturated rings. The summed E-state index contributed by atoms with van der Waals surface area (Å²) in [5.41, 5.74) is 0.530. The van der Waals surface area contributed by atoms with Gasteiger partial charge in [0, 0.05) is 6.42 Å². The van der Waals surface area contributed by atoms with Crippen LogP contribution in [0.3, 0.4) is 0 Å². The number of aliphatic carboxylic acids is 2. The predicted molar refractivity (Wildman–Crippen MR) is 59.9 cm³/mol. The van der Waals surface area contributed by atoms with Crippen LogP contribution in [0, 0.1) is 5.92 Å². The molecule has 0 saturated heterocycles. The van der Waals surface area contributed by atoms with Gasteiger partial charge in [0.2, 0.25) is 0 Å². The van der Waals surface area contributed by atoms with Crippen LogP contribution in [-0.2, 0) is 16.0 Å². The van der Waals surface area contributed by atoms with Gasteiger partial charge in [-0.3, -0.25) is 9.59 Å². The van der Waals surface area contributed by atoms with E-state index in [0.717, 1.165) is 0 Å². The number of carboxylic acid groups (broad SMARTS) is 2. The second-order valence-electron chi connectivity index (χ2n) is 3.87. The van der Waals surface area contributed by atoms with Crippen LogP contribution in [0.2, 0.25) is 0 Å². The first-order valence-corrected chi connectivity index (χ1v) is 5.42. The lowest BCUT2D eigenvalue weighted by molar-refractivity contribution is -0.154. The molecular weight excluding hydrogens is 240 g/mol. The Morgan fingerprint density at radius 3 is 2.50 bits per heavy atom. The molecule has 18 heavy (non-hydrogen) atoms. The number of carboxylic acids is 2. The maximum atomic E-state index is 10.9. The average Bonchev–Trinajstić information content (AvgIpc) is 2.35. The molecule has 1 aromatic rings. The van der Waals surface area contributed by atoms with E-state index in [-0.39, 0.29) is 6.42 Å². The van der Waals surface area contributed by atoms with Crippen molar-refractivity contribution >= 4 is 11.9 Å². The summed E-state index contributed by atoms with van der Waals surface area (Å²) in [5, 5.41) is 17.7.